The lowest BCUT2D eigenvalue weighted by molar-refractivity contribution is -0.144. The minimum absolute atomic E-state index is 0.141. The smallest absolute Gasteiger partial charge is 0.317 e. The molecule has 3 rings (SSSR count). The number of carbonyl (C=O) groups is 1. The molecule has 114 valence electrons. The summed E-state index contributed by atoms with van der Waals surface area (Å²) in [5.74, 6) is -0.708. The second-order valence-electron chi connectivity index (χ2n) is 6.49. The maximum Gasteiger partial charge on any atom is 0.317 e. The van der Waals surface area contributed by atoms with Crippen LogP contribution in [0.5, 0.6) is 0 Å². The molecule has 0 bridgehead atoms. The van der Waals surface area contributed by atoms with Crippen LogP contribution in [0.4, 0.5) is 0 Å². The molecule has 2 aliphatic heterocycles. The molecule has 5 nitrogen and oxygen atoms in total. The van der Waals surface area contributed by atoms with Crippen LogP contribution in [0.15, 0.2) is 0 Å². The molecule has 3 fully saturated rings. The molecule has 1 spiro atoms. The summed E-state index contributed by atoms with van der Waals surface area (Å²) < 4.78 is 11.5. The molecule has 2 heterocycles. The summed E-state index contributed by atoms with van der Waals surface area (Å²) in [5, 5.41) is 9.23. The van der Waals surface area contributed by atoms with Crippen molar-refractivity contribution in [3.63, 3.8) is 0 Å². The standard InChI is InChI=1S/C15H25NO4/c17-14(18)10-16(12-3-1-2-4-12)13-5-7-20-15(9-13)6-8-19-11-15/h12-13H,1-11H2,(H,17,18). The van der Waals surface area contributed by atoms with Crippen molar-refractivity contribution >= 4 is 5.97 Å². The van der Waals surface area contributed by atoms with E-state index in [9.17, 15) is 9.90 Å². The predicted octanol–water partition coefficient (Wildman–Crippen LogP) is 1.65. The van der Waals surface area contributed by atoms with Gasteiger partial charge in [-0.15, -0.1) is 0 Å². The Morgan fingerprint density at radius 3 is 2.65 bits per heavy atom. The normalized spacial score (nSPS) is 35.1. The zero-order valence-corrected chi connectivity index (χ0v) is 12.1. The lowest BCUT2D eigenvalue weighted by atomic mass is 9.88. The van der Waals surface area contributed by atoms with Gasteiger partial charge in [-0.1, -0.05) is 12.8 Å². The van der Waals surface area contributed by atoms with Gasteiger partial charge >= 0.3 is 5.97 Å². The Morgan fingerprint density at radius 2 is 2.00 bits per heavy atom. The third-order valence-corrected chi connectivity index (χ3v) is 5.11. The van der Waals surface area contributed by atoms with Crippen LogP contribution >= 0.6 is 0 Å². The molecule has 0 aromatic rings. The summed E-state index contributed by atoms with van der Waals surface area (Å²) in [6, 6.07) is 0.790. The second kappa shape index (κ2) is 6.00. The number of hydrogen-bond donors (Lipinski definition) is 1. The van der Waals surface area contributed by atoms with Crippen LogP contribution in [0.25, 0.3) is 0 Å². The van der Waals surface area contributed by atoms with Crippen LogP contribution in [-0.2, 0) is 14.3 Å². The van der Waals surface area contributed by atoms with E-state index >= 15 is 0 Å². The molecule has 1 N–H and O–H groups in total. The first-order valence-corrected chi connectivity index (χ1v) is 7.88. The van der Waals surface area contributed by atoms with E-state index in [4.69, 9.17) is 9.47 Å². The SMILES string of the molecule is O=C(O)CN(C1CCCC1)C1CCOC2(CCOC2)C1. The van der Waals surface area contributed by atoms with Crippen molar-refractivity contribution in [2.45, 2.75) is 62.6 Å². The number of rotatable bonds is 4. The van der Waals surface area contributed by atoms with Crippen LogP contribution in [0.3, 0.4) is 0 Å². The van der Waals surface area contributed by atoms with Crippen molar-refractivity contribution in [3.8, 4) is 0 Å². The highest BCUT2D eigenvalue weighted by Crippen LogP contribution is 2.37. The fourth-order valence-corrected chi connectivity index (χ4v) is 4.10. The van der Waals surface area contributed by atoms with Crippen molar-refractivity contribution in [3.05, 3.63) is 0 Å². The molecule has 0 aromatic heterocycles. The van der Waals surface area contributed by atoms with Gasteiger partial charge in [-0.3, -0.25) is 9.69 Å². The fraction of sp³-hybridized carbons (Fsp3) is 0.933. The number of nitrogens with zero attached hydrogens (tertiary/aromatic N) is 1. The molecular formula is C15H25NO4. The van der Waals surface area contributed by atoms with Gasteiger partial charge in [0.1, 0.15) is 0 Å². The topological polar surface area (TPSA) is 59.0 Å². The second-order valence-corrected chi connectivity index (χ2v) is 6.49. The minimum Gasteiger partial charge on any atom is -0.480 e. The van der Waals surface area contributed by atoms with Gasteiger partial charge < -0.3 is 14.6 Å². The van der Waals surface area contributed by atoms with Gasteiger partial charge in [0.05, 0.1) is 18.8 Å². The molecule has 0 amide bonds. The lowest BCUT2D eigenvalue weighted by Crippen LogP contribution is -2.53. The average molecular weight is 283 g/mol. The van der Waals surface area contributed by atoms with Gasteiger partial charge in [-0.25, -0.2) is 0 Å². The molecule has 3 aliphatic rings. The van der Waals surface area contributed by atoms with Crippen molar-refractivity contribution in [2.24, 2.45) is 0 Å². The van der Waals surface area contributed by atoms with E-state index < -0.39 is 5.97 Å². The summed E-state index contributed by atoms with van der Waals surface area (Å²) in [5.41, 5.74) is -0.141. The van der Waals surface area contributed by atoms with E-state index in [0.29, 0.717) is 18.7 Å². The van der Waals surface area contributed by atoms with Crippen molar-refractivity contribution in [1.82, 2.24) is 4.90 Å². The molecule has 2 saturated heterocycles. The first-order chi connectivity index (χ1) is 9.69. The Bertz CT molecular complexity index is 348. The molecule has 1 aliphatic carbocycles. The highest BCUT2D eigenvalue weighted by molar-refractivity contribution is 5.69. The fourth-order valence-electron chi connectivity index (χ4n) is 4.10. The first kappa shape index (κ1) is 14.3. The molecule has 1 saturated carbocycles. The number of hydrogen-bond acceptors (Lipinski definition) is 4. The Morgan fingerprint density at radius 1 is 1.20 bits per heavy atom. The van der Waals surface area contributed by atoms with Crippen molar-refractivity contribution in [2.75, 3.05) is 26.4 Å². The summed E-state index contributed by atoms with van der Waals surface area (Å²) >= 11 is 0. The van der Waals surface area contributed by atoms with E-state index in [1.165, 1.54) is 12.8 Å². The third kappa shape index (κ3) is 3.00. The monoisotopic (exact) mass is 283 g/mol. The van der Waals surface area contributed by atoms with E-state index in [1.807, 2.05) is 0 Å². The third-order valence-electron chi connectivity index (χ3n) is 5.11. The molecule has 0 aromatic carbocycles. The van der Waals surface area contributed by atoms with Crippen LogP contribution in [0.1, 0.15) is 44.9 Å². The van der Waals surface area contributed by atoms with Gasteiger partial charge in [0.2, 0.25) is 0 Å². The van der Waals surface area contributed by atoms with Crippen LogP contribution in [0, 0.1) is 0 Å². The Hall–Kier alpha value is -0.650. The van der Waals surface area contributed by atoms with Gasteiger partial charge in [-0.05, 0) is 25.7 Å². The Balaban J connectivity index is 1.70. The predicted molar refractivity (Wildman–Crippen MR) is 73.7 cm³/mol. The van der Waals surface area contributed by atoms with Gasteiger partial charge in [0, 0.05) is 31.7 Å². The van der Waals surface area contributed by atoms with E-state index in [0.717, 1.165) is 45.3 Å². The zero-order chi connectivity index (χ0) is 14.0. The van der Waals surface area contributed by atoms with Crippen LogP contribution in [0.2, 0.25) is 0 Å². The molecule has 2 atom stereocenters. The first-order valence-electron chi connectivity index (χ1n) is 7.88. The Labute approximate surface area is 120 Å². The maximum atomic E-state index is 11.2. The van der Waals surface area contributed by atoms with Gasteiger partial charge in [0.15, 0.2) is 0 Å². The number of carboxylic acid groups (broad SMARTS) is 1. The summed E-state index contributed by atoms with van der Waals surface area (Å²) in [6.45, 7) is 2.35. The van der Waals surface area contributed by atoms with Crippen LogP contribution < -0.4 is 0 Å². The van der Waals surface area contributed by atoms with E-state index in [1.54, 1.807) is 0 Å². The molecular weight excluding hydrogens is 258 g/mol. The minimum atomic E-state index is -0.708. The molecule has 5 heteroatoms. The van der Waals surface area contributed by atoms with E-state index in [-0.39, 0.29) is 12.1 Å². The summed E-state index contributed by atoms with van der Waals surface area (Å²) in [4.78, 5) is 13.5. The largest absolute Gasteiger partial charge is 0.480 e. The quantitative estimate of drug-likeness (QED) is 0.850. The van der Waals surface area contributed by atoms with Gasteiger partial charge in [0.25, 0.3) is 0 Å². The van der Waals surface area contributed by atoms with Crippen molar-refractivity contribution in [1.29, 1.82) is 0 Å². The number of ether oxygens (including phenoxy) is 2. The zero-order valence-electron chi connectivity index (χ0n) is 12.1. The average Bonchev–Trinajstić information content (AvgIpc) is 3.08. The van der Waals surface area contributed by atoms with Crippen molar-refractivity contribution < 1.29 is 19.4 Å². The maximum absolute atomic E-state index is 11.2. The molecule has 2 unspecified atom stereocenters. The molecule has 20 heavy (non-hydrogen) atoms. The highest BCUT2D eigenvalue weighted by atomic mass is 16.6. The number of aliphatic carboxylic acids is 1. The van der Waals surface area contributed by atoms with E-state index in [2.05, 4.69) is 4.90 Å². The van der Waals surface area contributed by atoms with Gasteiger partial charge in [-0.2, -0.15) is 0 Å². The summed E-state index contributed by atoms with van der Waals surface area (Å²) in [6.07, 6.45) is 7.59. The Kier molecular flexibility index (Phi) is 4.29. The number of carboxylic acids is 1. The van der Waals surface area contributed by atoms with Crippen LogP contribution in [-0.4, -0.2) is 60.0 Å². The summed E-state index contributed by atoms with van der Waals surface area (Å²) in [7, 11) is 0. The highest BCUT2D eigenvalue weighted by Gasteiger charge is 2.44. The lowest BCUT2D eigenvalue weighted by Gasteiger charge is -2.44. The molecule has 0 radical (unpaired) electrons.